The summed E-state index contributed by atoms with van der Waals surface area (Å²) in [6.07, 6.45) is 0.976. The third-order valence-electron chi connectivity index (χ3n) is 1.10. The fraction of sp³-hybridized carbons (Fsp3) is 1.00. The van der Waals surface area contributed by atoms with E-state index in [4.69, 9.17) is 34.3 Å². The fourth-order valence-electron chi connectivity index (χ4n) is 0.213. The summed E-state index contributed by atoms with van der Waals surface area (Å²) >= 11 is 16.2. The second kappa shape index (κ2) is 3.41. The minimum absolute atomic E-state index is 0.306. The first-order chi connectivity index (χ1) is 3.48. The van der Waals surface area contributed by atoms with Crippen LogP contribution in [0.25, 0.3) is 0 Å². The second-order valence-corrected chi connectivity index (χ2v) is 10.3. The Hall–Kier alpha value is 1.23. The van der Waals surface area contributed by atoms with Crippen LogP contribution in [0.1, 0.15) is 20.3 Å². The molecule has 0 rings (SSSR count). The lowest BCUT2D eigenvalue weighted by Crippen LogP contribution is -1.91. The van der Waals surface area contributed by atoms with Crippen molar-refractivity contribution in [3.63, 3.8) is 0 Å². The van der Waals surface area contributed by atoms with E-state index in [0.717, 1.165) is 6.42 Å². The van der Waals surface area contributed by atoms with E-state index in [-0.39, 0.29) is 0 Å². The highest BCUT2D eigenvalue weighted by molar-refractivity contribution is 8.39. The van der Waals surface area contributed by atoms with Gasteiger partial charge in [0, 0.05) is 5.66 Å². The van der Waals surface area contributed by atoms with Crippen LogP contribution in [0.4, 0.5) is 0 Å². The lowest BCUT2D eigenvalue weighted by Gasteiger charge is -2.11. The summed E-state index contributed by atoms with van der Waals surface area (Å²) in [5.41, 5.74) is 0.306. The van der Waals surface area contributed by atoms with Gasteiger partial charge in [-0.1, -0.05) is 48.1 Å². The lowest BCUT2D eigenvalue weighted by molar-refractivity contribution is 0.903. The highest BCUT2D eigenvalue weighted by atomic mass is 35.9. The summed E-state index contributed by atoms with van der Waals surface area (Å²) in [7, 11) is 0. The van der Waals surface area contributed by atoms with Crippen molar-refractivity contribution in [3.8, 4) is 0 Å². The molecule has 8 heavy (non-hydrogen) atoms. The van der Waals surface area contributed by atoms with Crippen LogP contribution in [0.3, 0.4) is 0 Å². The van der Waals surface area contributed by atoms with Gasteiger partial charge in [0.1, 0.15) is 4.74 Å². The van der Waals surface area contributed by atoms with Gasteiger partial charge >= 0.3 is 0 Å². The molecule has 0 radical (unpaired) electrons. The summed E-state index contributed by atoms with van der Waals surface area (Å²) in [6, 6.07) is 0. The van der Waals surface area contributed by atoms with Gasteiger partial charge in [0.2, 0.25) is 0 Å². The van der Waals surface area contributed by atoms with Crippen LogP contribution < -0.4 is 0 Å². The van der Waals surface area contributed by atoms with E-state index in [9.17, 15) is 0 Å². The molecule has 0 aliphatic carbocycles. The van der Waals surface area contributed by atoms with E-state index in [1.807, 2.05) is 13.8 Å². The van der Waals surface area contributed by atoms with Gasteiger partial charge in [0.15, 0.2) is 0 Å². The van der Waals surface area contributed by atoms with Crippen molar-refractivity contribution in [1.29, 1.82) is 0 Å². The van der Waals surface area contributed by atoms with E-state index in [1.54, 1.807) is 0 Å². The largest absolute Gasteiger partial charge is 0.122 e. The van der Waals surface area contributed by atoms with Gasteiger partial charge in [-0.2, -0.15) is 0 Å². The van der Waals surface area contributed by atoms with Crippen molar-refractivity contribution in [3.05, 3.63) is 0 Å². The molecule has 0 N–H and O–H groups in total. The highest BCUT2D eigenvalue weighted by Crippen LogP contribution is 2.61. The molecule has 0 bridgehead atoms. The first-order valence-electron chi connectivity index (χ1n) is 2.47. The maximum Gasteiger partial charge on any atom is 0.122 e. The van der Waals surface area contributed by atoms with E-state index < -0.39 is 4.74 Å². The molecule has 0 saturated heterocycles. The van der Waals surface area contributed by atoms with Crippen LogP contribution >= 0.6 is 27.2 Å². The molecule has 0 fully saturated rings. The molecular formula is C4H9Cl2PS. The zero-order valence-electron chi connectivity index (χ0n) is 4.90. The third kappa shape index (κ3) is 3.29. The molecule has 0 heterocycles. The van der Waals surface area contributed by atoms with Crippen molar-refractivity contribution in [2.45, 2.75) is 25.9 Å². The SMILES string of the molecule is CCC(C)P(=S)(Cl)Cl. The molecule has 0 aromatic carbocycles. The fourth-order valence-corrected chi connectivity index (χ4v) is 1.91. The molecule has 0 amide bonds. The van der Waals surface area contributed by atoms with Crippen molar-refractivity contribution >= 4 is 39.0 Å². The van der Waals surface area contributed by atoms with Gasteiger partial charge in [-0.05, 0) is 6.42 Å². The first-order valence-corrected chi connectivity index (χ1v) is 7.15. The van der Waals surface area contributed by atoms with Crippen LogP contribution in [0.2, 0.25) is 0 Å². The predicted octanol–water partition coefficient (Wildman–Crippen LogP) is 3.57. The number of rotatable bonds is 2. The minimum Gasteiger partial charge on any atom is -0.0681 e. The Balaban J connectivity index is 3.82. The molecule has 1 atom stereocenters. The van der Waals surface area contributed by atoms with Crippen LogP contribution in [-0.2, 0) is 11.8 Å². The van der Waals surface area contributed by atoms with Gasteiger partial charge < -0.3 is 0 Å². The molecule has 0 spiro atoms. The quantitative estimate of drug-likeness (QED) is 0.601. The molecule has 0 aliphatic rings. The van der Waals surface area contributed by atoms with Crippen molar-refractivity contribution in [2.24, 2.45) is 0 Å². The topological polar surface area (TPSA) is 0 Å². The average molecular weight is 191 g/mol. The summed E-state index contributed by atoms with van der Waals surface area (Å²) in [5, 5.41) is 0. The molecule has 0 aliphatic heterocycles. The molecule has 0 aromatic heterocycles. The van der Waals surface area contributed by atoms with Crippen molar-refractivity contribution in [1.82, 2.24) is 0 Å². The Kier molecular flexibility index (Phi) is 3.94. The van der Waals surface area contributed by atoms with E-state index in [1.165, 1.54) is 0 Å². The zero-order chi connectivity index (χ0) is 6.78. The Morgan fingerprint density at radius 3 is 2.00 bits per heavy atom. The molecule has 0 aromatic rings. The Morgan fingerprint density at radius 2 is 2.00 bits per heavy atom. The highest BCUT2D eigenvalue weighted by Gasteiger charge is 2.15. The zero-order valence-corrected chi connectivity index (χ0v) is 8.12. The van der Waals surface area contributed by atoms with Crippen molar-refractivity contribution < 1.29 is 0 Å². The summed E-state index contributed by atoms with van der Waals surface area (Å²) in [5.74, 6) is 0. The lowest BCUT2D eigenvalue weighted by atomic mass is 10.4. The van der Waals surface area contributed by atoms with Gasteiger partial charge in [0.05, 0.1) is 0 Å². The third-order valence-corrected chi connectivity index (χ3v) is 5.57. The molecule has 4 heteroatoms. The average Bonchev–Trinajstić information content (AvgIpc) is 1.62. The van der Waals surface area contributed by atoms with E-state index >= 15 is 0 Å². The van der Waals surface area contributed by atoms with Crippen molar-refractivity contribution in [2.75, 3.05) is 0 Å². The van der Waals surface area contributed by atoms with Gasteiger partial charge in [-0.3, -0.25) is 0 Å². The molecule has 0 nitrogen and oxygen atoms in total. The second-order valence-electron chi connectivity index (χ2n) is 1.76. The minimum atomic E-state index is -1.98. The summed E-state index contributed by atoms with van der Waals surface area (Å²) < 4.78 is -1.98. The summed E-state index contributed by atoms with van der Waals surface area (Å²) in [4.78, 5) is 0. The van der Waals surface area contributed by atoms with Gasteiger partial charge in [-0.25, -0.2) is 0 Å². The van der Waals surface area contributed by atoms with E-state index in [2.05, 4.69) is 0 Å². The van der Waals surface area contributed by atoms with Crippen LogP contribution in [0, 0.1) is 0 Å². The number of hydrogen-bond donors (Lipinski definition) is 0. The molecule has 1 unspecified atom stereocenters. The monoisotopic (exact) mass is 190 g/mol. The molecule has 0 saturated carbocycles. The smallest absolute Gasteiger partial charge is 0.0681 e. The molecule has 50 valence electrons. The first kappa shape index (κ1) is 9.23. The number of hydrogen-bond acceptors (Lipinski definition) is 1. The Labute approximate surface area is 65.1 Å². The van der Waals surface area contributed by atoms with Crippen LogP contribution in [0.15, 0.2) is 0 Å². The standard InChI is InChI=1S/C4H9Cl2PS/c1-3-4(2)7(5,6)8/h4H,3H2,1-2H3. The number of halogens is 2. The van der Waals surface area contributed by atoms with Gasteiger partial charge in [-0.15, -0.1) is 0 Å². The van der Waals surface area contributed by atoms with Gasteiger partial charge in [0.25, 0.3) is 0 Å². The normalized spacial score (nSPS) is 16.0. The Morgan fingerprint density at radius 1 is 1.62 bits per heavy atom. The maximum absolute atomic E-state index is 5.68. The summed E-state index contributed by atoms with van der Waals surface area (Å²) in [6.45, 7) is 4.03. The maximum atomic E-state index is 5.68. The predicted molar refractivity (Wildman–Crippen MR) is 45.7 cm³/mol. The van der Waals surface area contributed by atoms with E-state index in [0.29, 0.717) is 5.66 Å². The molecular weight excluding hydrogens is 182 g/mol. The van der Waals surface area contributed by atoms with Crippen LogP contribution in [-0.4, -0.2) is 5.66 Å². The van der Waals surface area contributed by atoms with Crippen LogP contribution in [0.5, 0.6) is 0 Å². The Bertz CT molecular complexity index is 109.